The predicted octanol–water partition coefficient (Wildman–Crippen LogP) is 1.30. The summed E-state index contributed by atoms with van der Waals surface area (Å²) in [6.45, 7) is 2.86. The number of aryl methyl sites for hydroxylation is 1. The Kier molecular flexibility index (Phi) is 3.31. The van der Waals surface area contributed by atoms with Gasteiger partial charge in [-0.05, 0) is 25.2 Å². The van der Waals surface area contributed by atoms with Crippen LogP contribution in [0.25, 0.3) is 0 Å². The number of carbonyl (C=O) groups excluding carboxylic acids is 2. The van der Waals surface area contributed by atoms with Crippen molar-refractivity contribution in [2.45, 2.75) is 52.0 Å². The van der Waals surface area contributed by atoms with Crippen molar-refractivity contribution in [1.82, 2.24) is 19.7 Å². The lowest BCUT2D eigenvalue weighted by atomic mass is 9.76. The highest BCUT2D eigenvalue weighted by molar-refractivity contribution is 5.98. The first-order valence-corrected chi connectivity index (χ1v) is 7.27. The molecule has 0 radical (unpaired) electrons. The maximum Gasteiger partial charge on any atom is 0.229 e. The van der Waals surface area contributed by atoms with Gasteiger partial charge in [0.2, 0.25) is 11.8 Å². The van der Waals surface area contributed by atoms with E-state index in [2.05, 4.69) is 10.2 Å². The van der Waals surface area contributed by atoms with Gasteiger partial charge in [-0.2, -0.15) is 0 Å². The Morgan fingerprint density at radius 1 is 1.15 bits per heavy atom. The molecule has 3 rings (SSSR count). The van der Waals surface area contributed by atoms with E-state index in [0.29, 0.717) is 25.9 Å². The highest BCUT2D eigenvalue weighted by Gasteiger charge is 2.44. The van der Waals surface area contributed by atoms with E-state index in [1.807, 2.05) is 11.5 Å². The van der Waals surface area contributed by atoms with Gasteiger partial charge in [0.05, 0.1) is 0 Å². The molecule has 1 aromatic heterocycles. The van der Waals surface area contributed by atoms with Gasteiger partial charge in [0.15, 0.2) is 0 Å². The molecule has 1 aliphatic carbocycles. The Labute approximate surface area is 118 Å². The molecule has 0 bridgehead atoms. The third-order valence-corrected chi connectivity index (χ3v) is 4.69. The Morgan fingerprint density at radius 2 is 1.80 bits per heavy atom. The molecule has 0 N–H and O–H groups in total. The average molecular weight is 276 g/mol. The number of aromatic nitrogens is 3. The van der Waals surface area contributed by atoms with E-state index >= 15 is 0 Å². The second-order valence-electron chi connectivity index (χ2n) is 6.07. The lowest BCUT2D eigenvalue weighted by molar-refractivity contribution is -0.153. The molecule has 6 heteroatoms. The molecular weight excluding hydrogens is 256 g/mol. The fourth-order valence-electron chi connectivity index (χ4n) is 3.50. The summed E-state index contributed by atoms with van der Waals surface area (Å²) in [5, 5.41) is 7.71. The van der Waals surface area contributed by atoms with Gasteiger partial charge in [0.1, 0.15) is 12.2 Å². The number of rotatable bonds is 3. The minimum absolute atomic E-state index is 0.00567. The first kappa shape index (κ1) is 13.3. The van der Waals surface area contributed by atoms with E-state index in [-0.39, 0.29) is 17.2 Å². The Bertz CT molecular complexity index is 511. The molecule has 2 fully saturated rings. The number of likely N-dealkylation sites (tertiary alicyclic amines) is 1. The summed E-state index contributed by atoms with van der Waals surface area (Å²) in [5.74, 6) is 0.789. The molecule has 20 heavy (non-hydrogen) atoms. The van der Waals surface area contributed by atoms with Gasteiger partial charge in [0.25, 0.3) is 0 Å². The zero-order valence-electron chi connectivity index (χ0n) is 11.8. The first-order valence-electron chi connectivity index (χ1n) is 7.27. The van der Waals surface area contributed by atoms with Crippen molar-refractivity contribution in [2.24, 2.45) is 5.41 Å². The van der Waals surface area contributed by atoms with Crippen LogP contribution in [0.3, 0.4) is 0 Å². The van der Waals surface area contributed by atoms with Gasteiger partial charge in [-0.25, -0.2) is 0 Å². The highest BCUT2D eigenvalue weighted by Crippen LogP contribution is 2.46. The molecule has 2 amide bonds. The topological polar surface area (TPSA) is 68.1 Å². The molecule has 0 unspecified atom stereocenters. The van der Waals surface area contributed by atoms with E-state index in [1.165, 1.54) is 4.90 Å². The molecule has 0 atom stereocenters. The van der Waals surface area contributed by atoms with Crippen LogP contribution in [0.15, 0.2) is 6.33 Å². The maximum atomic E-state index is 12.3. The largest absolute Gasteiger partial charge is 0.316 e. The number of piperidine rings is 1. The van der Waals surface area contributed by atoms with Crippen LogP contribution in [-0.4, -0.2) is 38.0 Å². The molecule has 1 saturated carbocycles. The SMILES string of the molecule is Cc1nncn1CCN1C(=O)CC2(CCCC2)CC1=O. The average Bonchev–Trinajstić information content (AvgIpc) is 2.99. The van der Waals surface area contributed by atoms with Crippen LogP contribution in [0.2, 0.25) is 0 Å². The number of amides is 2. The molecule has 1 aromatic rings. The fourth-order valence-corrected chi connectivity index (χ4v) is 3.50. The van der Waals surface area contributed by atoms with Gasteiger partial charge < -0.3 is 4.57 Å². The normalized spacial score (nSPS) is 21.9. The predicted molar refractivity (Wildman–Crippen MR) is 71.6 cm³/mol. The van der Waals surface area contributed by atoms with Crippen LogP contribution < -0.4 is 0 Å². The zero-order chi connectivity index (χ0) is 14.2. The van der Waals surface area contributed by atoms with Crippen molar-refractivity contribution in [3.8, 4) is 0 Å². The quantitative estimate of drug-likeness (QED) is 0.780. The Balaban J connectivity index is 1.64. The van der Waals surface area contributed by atoms with Crippen LogP contribution in [0, 0.1) is 12.3 Å². The van der Waals surface area contributed by atoms with Crippen molar-refractivity contribution >= 4 is 11.8 Å². The van der Waals surface area contributed by atoms with Crippen molar-refractivity contribution in [3.63, 3.8) is 0 Å². The third-order valence-electron chi connectivity index (χ3n) is 4.69. The van der Waals surface area contributed by atoms with E-state index in [1.54, 1.807) is 6.33 Å². The summed E-state index contributed by atoms with van der Waals surface area (Å²) < 4.78 is 1.86. The van der Waals surface area contributed by atoms with E-state index < -0.39 is 0 Å². The van der Waals surface area contributed by atoms with E-state index in [4.69, 9.17) is 0 Å². The lowest BCUT2D eigenvalue weighted by Crippen LogP contribution is -2.48. The van der Waals surface area contributed by atoms with E-state index in [9.17, 15) is 9.59 Å². The number of carbonyl (C=O) groups is 2. The second-order valence-corrected chi connectivity index (χ2v) is 6.07. The molecule has 1 saturated heterocycles. The number of nitrogens with zero attached hydrogens (tertiary/aromatic N) is 4. The van der Waals surface area contributed by atoms with Crippen LogP contribution in [0.5, 0.6) is 0 Å². The van der Waals surface area contributed by atoms with Gasteiger partial charge in [0, 0.05) is 25.9 Å². The minimum Gasteiger partial charge on any atom is -0.316 e. The summed E-state index contributed by atoms with van der Waals surface area (Å²) in [6.07, 6.45) is 7.08. The summed E-state index contributed by atoms with van der Waals surface area (Å²) in [4.78, 5) is 26.0. The van der Waals surface area contributed by atoms with Crippen LogP contribution in [-0.2, 0) is 16.1 Å². The van der Waals surface area contributed by atoms with Crippen LogP contribution in [0.1, 0.15) is 44.3 Å². The van der Waals surface area contributed by atoms with Gasteiger partial charge >= 0.3 is 0 Å². The molecule has 2 aliphatic rings. The van der Waals surface area contributed by atoms with Crippen LogP contribution in [0.4, 0.5) is 0 Å². The lowest BCUT2D eigenvalue weighted by Gasteiger charge is -2.37. The van der Waals surface area contributed by atoms with Gasteiger partial charge in [-0.3, -0.25) is 14.5 Å². The van der Waals surface area contributed by atoms with E-state index in [0.717, 1.165) is 31.5 Å². The highest BCUT2D eigenvalue weighted by atomic mass is 16.2. The van der Waals surface area contributed by atoms with Crippen molar-refractivity contribution in [3.05, 3.63) is 12.2 Å². The summed E-state index contributed by atoms with van der Waals surface area (Å²) in [7, 11) is 0. The molecule has 6 nitrogen and oxygen atoms in total. The number of imide groups is 1. The number of hydrogen-bond donors (Lipinski definition) is 0. The molecule has 1 spiro atoms. The van der Waals surface area contributed by atoms with Crippen molar-refractivity contribution in [1.29, 1.82) is 0 Å². The molecule has 0 aromatic carbocycles. The fraction of sp³-hybridized carbons (Fsp3) is 0.714. The van der Waals surface area contributed by atoms with Crippen molar-refractivity contribution < 1.29 is 9.59 Å². The zero-order valence-corrected chi connectivity index (χ0v) is 11.8. The maximum absolute atomic E-state index is 12.3. The Morgan fingerprint density at radius 3 is 2.35 bits per heavy atom. The van der Waals surface area contributed by atoms with Gasteiger partial charge in [-0.15, -0.1) is 10.2 Å². The smallest absolute Gasteiger partial charge is 0.229 e. The number of hydrogen-bond acceptors (Lipinski definition) is 4. The Hall–Kier alpha value is -1.72. The standard InChI is InChI=1S/C14H20N4O2/c1-11-16-15-10-17(11)6-7-18-12(19)8-14(9-13(18)20)4-2-3-5-14/h10H,2-9H2,1H3. The molecule has 2 heterocycles. The summed E-state index contributed by atoms with van der Waals surface area (Å²) in [5.41, 5.74) is -0.0167. The molecule has 1 aliphatic heterocycles. The minimum atomic E-state index is -0.0167. The monoisotopic (exact) mass is 276 g/mol. The molecule has 108 valence electrons. The van der Waals surface area contributed by atoms with Crippen LogP contribution >= 0.6 is 0 Å². The van der Waals surface area contributed by atoms with Gasteiger partial charge in [-0.1, -0.05) is 12.8 Å². The summed E-state index contributed by atoms with van der Waals surface area (Å²) in [6, 6.07) is 0. The molecular formula is C14H20N4O2. The first-order chi connectivity index (χ1) is 9.60. The second kappa shape index (κ2) is 5.00. The summed E-state index contributed by atoms with van der Waals surface area (Å²) >= 11 is 0. The van der Waals surface area contributed by atoms with Crippen molar-refractivity contribution in [2.75, 3.05) is 6.54 Å². The third kappa shape index (κ3) is 2.34.